The predicted molar refractivity (Wildman–Crippen MR) is 110 cm³/mol. The first-order valence-electron chi connectivity index (χ1n) is 10.6. The number of amides is 1. The van der Waals surface area contributed by atoms with Crippen LogP contribution in [-0.2, 0) is 15.7 Å². The number of carbonyl (C=O) groups excluding carboxylic acids is 2. The third-order valence-electron chi connectivity index (χ3n) is 5.77. The summed E-state index contributed by atoms with van der Waals surface area (Å²) >= 11 is 1.55. The lowest BCUT2D eigenvalue weighted by Crippen LogP contribution is -2.48. The molecule has 3 rings (SSSR count). The molecule has 8 heteroatoms. The number of unbranched alkanes of at least 4 members (excludes halogenated alkanes) is 1. The van der Waals surface area contributed by atoms with Crippen LogP contribution in [0.2, 0.25) is 0 Å². The van der Waals surface area contributed by atoms with Crippen molar-refractivity contribution in [3.05, 3.63) is 35.4 Å². The molecule has 1 aromatic carbocycles. The van der Waals surface area contributed by atoms with E-state index < -0.39 is 29.7 Å². The quantitative estimate of drug-likeness (QED) is 0.430. The van der Waals surface area contributed by atoms with Crippen molar-refractivity contribution in [2.45, 2.75) is 69.5 Å². The first-order valence-corrected chi connectivity index (χ1v) is 11.7. The van der Waals surface area contributed by atoms with Crippen LogP contribution in [0.15, 0.2) is 24.3 Å². The van der Waals surface area contributed by atoms with Gasteiger partial charge in [0.2, 0.25) is 0 Å². The van der Waals surface area contributed by atoms with Gasteiger partial charge in [0, 0.05) is 11.3 Å². The summed E-state index contributed by atoms with van der Waals surface area (Å²) in [6.45, 7) is 2.28. The third kappa shape index (κ3) is 5.31. The number of alkyl halides is 3. The summed E-state index contributed by atoms with van der Waals surface area (Å²) in [6.07, 6.45) is 2.29. The van der Waals surface area contributed by atoms with Gasteiger partial charge in [-0.05, 0) is 43.4 Å². The summed E-state index contributed by atoms with van der Waals surface area (Å²) in [7, 11) is 0. The summed E-state index contributed by atoms with van der Waals surface area (Å²) in [5, 5.41) is -0.212. The molecule has 1 heterocycles. The Morgan fingerprint density at radius 2 is 1.93 bits per heavy atom. The molecule has 0 spiro atoms. The van der Waals surface area contributed by atoms with E-state index in [0.717, 1.165) is 57.1 Å². The Hall–Kier alpha value is -1.70. The van der Waals surface area contributed by atoms with Crippen LogP contribution in [0.25, 0.3) is 0 Å². The molecule has 0 bridgehead atoms. The minimum atomic E-state index is -4.53. The maximum atomic E-state index is 13.4. The van der Waals surface area contributed by atoms with Crippen molar-refractivity contribution in [3.63, 3.8) is 0 Å². The van der Waals surface area contributed by atoms with Crippen molar-refractivity contribution in [1.29, 1.82) is 0 Å². The Morgan fingerprint density at radius 1 is 1.20 bits per heavy atom. The van der Waals surface area contributed by atoms with E-state index in [-0.39, 0.29) is 23.5 Å². The zero-order valence-electron chi connectivity index (χ0n) is 17.1. The molecule has 0 radical (unpaired) electrons. The Morgan fingerprint density at radius 3 is 2.60 bits per heavy atom. The van der Waals surface area contributed by atoms with Crippen LogP contribution in [0.3, 0.4) is 0 Å². The van der Waals surface area contributed by atoms with E-state index in [4.69, 9.17) is 4.74 Å². The molecule has 1 aliphatic carbocycles. The molecule has 0 aromatic heterocycles. The van der Waals surface area contributed by atoms with Gasteiger partial charge in [-0.15, -0.1) is 11.8 Å². The number of rotatable bonds is 6. The van der Waals surface area contributed by atoms with Crippen LogP contribution >= 0.6 is 11.8 Å². The van der Waals surface area contributed by atoms with Crippen LogP contribution < -0.4 is 0 Å². The molecule has 2 fully saturated rings. The number of thioether (sulfide) groups is 1. The van der Waals surface area contributed by atoms with E-state index in [1.54, 1.807) is 11.8 Å². The Balaban J connectivity index is 1.87. The maximum Gasteiger partial charge on any atom is 0.416 e. The fraction of sp³-hybridized carbons (Fsp3) is 0.636. The molecule has 0 N–H and O–H groups in total. The molecule has 2 unspecified atom stereocenters. The maximum absolute atomic E-state index is 13.4. The molecule has 2 aliphatic rings. The van der Waals surface area contributed by atoms with Crippen LogP contribution in [0, 0.1) is 5.92 Å². The van der Waals surface area contributed by atoms with Crippen molar-refractivity contribution >= 4 is 23.6 Å². The molecule has 1 aromatic rings. The van der Waals surface area contributed by atoms with E-state index in [0.29, 0.717) is 5.75 Å². The fourth-order valence-electron chi connectivity index (χ4n) is 4.14. The first-order chi connectivity index (χ1) is 14.3. The van der Waals surface area contributed by atoms with Crippen molar-refractivity contribution in [2.24, 2.45) is 5.92 Å². The normalized spacial score (nSPS) is 22.9. The second-order valence-corrected chi connectivity index (χ2v) is 9.10. The summed E-state index contributed by atoms with van der Waals surface area (Å²) in [4.78, 5) is 27.6. The molecule has 166 valence electrons. The predicted octanol–water partition coefficient (Wildman–Crippen LogP) is 5.51. The van der Waals surface area contributed by atoms with Gasteiger partial charge < -0.3 is 9.64 Å². The monoisotopic (exact) mass is 443 g/mol. The lowest BCUT2D eigenvalue weighted by Gasteiger charge is -2.35. The van der Waals surface area contributed by atoms with Crippen LogP contribution in [-0.4, -0.2) is 40.6 Å². The van der Waals surface area contributed by atoms with Crippen LogP contribution in [0.1, 0.15) is 67.8 Å². The van der Waals surface area contributed by atoms with Gasteiger partial charge in [0.1, 0.15) is 6.04 Å². The largest absolute Gasteiger partial charge is 0.464 e. The van der Waals surface area contributed by atoms with Gasteiger partial charge in [-0.3, -0.25) is 4.79 Å². The van der Waals surface area contributed by atoms with E-state index >= 15 is 0 Å². The topological polar surface area (TPSA) is 46.6 Å². The minimum absolute atomic E-state index is 0.0421. The number of hydrogen-bond donors (Lipinski definition) is 0. The summed E-state index contributed by atoms with van der Waals surface area (Å²) in [5.41, 5.74) is -0.906. The SMILES string of the molecule is CCCCOC(=O)C1CSC(C2CCCCC2)N1C(=O)c1cccc(C(F)(F)F)c1. The minimum Gasteiger partial charge on any atom is -0.464 e. The van der Waals surface area contributed by atoms with Gasteiger partial charge in [-0.25, -0.2) is 4.79 Å². The zero-order valence-corrected chi connectivity index (χ0v) is 17.9. The average molecular weight is 444 g/mol. The highest BCUT2D eigenvalue weighted by molar-refractivity contribution is 8.00. The standard InChI is InChI=1S/C22H28F3NO3S/c1-2-3-12-29-21(28)18-14-30-20(15-8-5-4-6-9-15)26(18)19(27)16-10-7-11-17(13-16)22(23,24)25/h7,10-11,13,15,18,20H,2-6,8-9,12,14H2,1H3. The number of ether oxygens (including phenoxy) is 1. The van der Waals surface area contributed by atoms with Crippen molar-refractivity contribution < 1.29 is 27.5 Å². The van der Waals surface area contributed by atoms with E-state index in [2.05, 4.69) is 0 Å². The number of hydrogen-bond acceptors (Lipinski definition) is 4. The Kier molecular flexibility index (Phi) is 7.71. The van der Waals surface area contributed by atoms with Crippen LogP contribution in [0.4, 0.5) is 13.2 Å². The molecule has 1 aliphatic heterocycles. The molecule has 1 saturated carbocycles. The van der Waals surface area contributed by atoms with Gasteiger partial charge in [0.25, 0.3) is 5.91 Å². The van der Waals surface area contributed by atoms with Crippen molar-refractivity contribution in [1.82, 2.24) is 4.90 Å². The van der Waals surface area contributed by atoms with Crippen LogP contribution in [0.5, 0.6) is 0 Å². The Bertz CT molecular complexity index is 749. The molecule has 2 atom stereocenters. The van der Waals surface area contributed by atoms with E-state index in [9.17, 15) is 22.8 Å². The molecular formula is C22H28F3NO3S. The summed E-state index contributed by atoms with van der Waals surface area (Å²) < 4.78 is 44.8. The van der Waals surface area contributed by atoms with Gasteiger partial charge in [0.15, 0.2) is 0 Å². The Labute approximate surface area is 179 Å². The second-order valence-electron chi connectivity index (χ2n) is 7.95. The number of esters is 1. The lowest BCUT2D eigenvalue weighted by molar-refractivity contribution is -0.148. The smallest absolute Gasteiger partial charge is 0.416 e. The average Bonchev–Trinajstić information content (AvgIpc) is 3.18. The number of benzene rings is 1. The summed E-state index contributed by atoms with van der Waals surface area (Å²) in [6, 6.07) is 3.69. The van der Waals surface area contributed by atoms with Gasteiger partial charge in [-0.2, -0.15) is 13.2 Å². The highest BCUT2D eigenvalue weighted by Gasteiger charge is 2.46. The van der Waals surface area contributed by atoms with Gasteiger partial charge >= 0.3 is 12.1 Å². The van der Waals surface area contributed by atoms with E-state index in [1.807, 2.05) is 6.92 Å². The molecule has 30 heavy (non-hydrogen) atoms. The molecular weight excluding hydrogens is 415 g/mol. The van der Waals surface area contributed by atoms with E-state index in [1.165, 1.54) is 17.0 Å². The number of carbonyl (C=O) groups is 2. The van der Waals surface area contributed by atoms with Crippen molar-refractivity contribution in [3.8, 4) is 0 Å². The van der Waals surface area contributed by atoms with Gasteiger partial charge in [0.05, 0.1) is 17.5 Å². The zero-order chi connectivity index (χ0) is 21.7. The fourth-order valence-corrected chi connectivity index (χ4v) is 5.76. The third-order valence-corrected chi connectivity index (χ3v) is 7.24. The first kappa shape index (κ1) is 23.0. The van der Waals surface area contributed by atoms with Crippen molar-refractivity contribution in [2.75, 3.05) is 12.4 Å². The number of halogens is 3. The molecule has 4 nitrogen and oxygen atoms in total. The second kappa shape index (κ2) is 10.1. The molecule has 1 saturated heterocycles. The highest BCUT2D eigenvalue weighted by atomic mass is 32.2. The summed E-state index contributed by atoms with van der Waals surface area (Å²) in [5.74, 6) is -0.336. The number of nitrogens with zero attached hydrogens (tertiary/aromatic N) is 1. The highest BCUT2D eigenvalue weighted by Crippen LogP contribution is 2.41. The lowest BCUT2D eigenvalue weighted by atomic mass is 9.88. The molecule has 1 amide bonds. The van der Waals surface area contributed by atoms with Gasteiger partial charge in [-0.1, -0.05) is 38.7 Å².